The quantitative estimate of drug-likeness (QED) is 0.812. The van der Waals surface area contributed by atoms with Crippen molar-refractivity contribution in [3.63, 3.8) is 0 Å². The molecular formula is C14H13NO2. The first-order chi connectivity index (χ1) is 8.29. The van der Waals surface area contributed by atoms with Crippen molar-refractivity contribution in [2.45, 2.75) is 6.61 Å². The lowest BCUT2D eigenvalue weighted by Crippen LogP contribution is -2.15. The number of nitrogens with zero attached hydrogens (tertiary/aromatic N) is 1. The topological polar surface area (TPSA) is 32.7 Å². The second-order valence-corrected chi connectivity index (χ2v) is 4.09. The summed E-state index contributed by atoms with van der Waals surface area (Å²) in [5.41, 5.74) is 2.93. The van der Waals surface area contributed by atoms with Crippen molar-refractivity contribution < 1.29 is 9.84 Å². The van der Waals surface area contributed by atoms with E-state index in [4.69, 9.17) is 9.84 Å². The van der Waals surface area contributed by atoms with Gasteiger partial charge in [-0.15, -0.1) is 0 Å². The minimum Gasteiger partial charge on any atom is -0.453 e. The van der Waals surface area contributed by atoms with E-state index in [9.17, 15) is 0 Å². The van der Waals surface area contributed by atoms with E-state index in [0.29, 0.717) is 0 Å². The standard InChI is InChI=1S/C14H13NO2/c1-15-11-4-2-3-5-13(11)17-14-8-10(9-16)6-7-12(14)15/h2-8,16H,9H2,1H3. The summed E-state index contributed by atoms with van der Waals surface area (Å²) in [6.07, 6.45) is 0. The van der Waals surface area contributed by atoms with Gasteiger partial charge < -0.3 is 14.7 Å². The van der Waals surface area contributed by atoms with E-state index < -0.39 is 0 Å². The Morgan fingerprint density at radius 3 is 2.65 bits per heavy atom. The third kappa shape index (κ3) is 1.56. The van der Waals surface area contributed by atoms with Crippen LogP contribution in [0.15, 0.2) is 42.5 Å². The number of aliphatic hydroxyl groups is 1. The largest absolute Gasteiger partial charge is 0.453 e. The van der Waals surface area contributed by atoms with E-state index in [1.165, 1.54) is 0 Å². The lowest BCUT2D eigenvalue weighted by Gasteiger charge is -2.29. The molecule has 0 saturated heterocycles. The van der Waals surface area contributed by atoms with Gasteiger partial charge in [0.05, 0.1) is 18.0 Å². The van der Waals surface area contributed by atoms with Gasteiger partial charge >= 0.3 is 0 Å². The number of anilines is 2. The number of para-hydroxylation sites is 2. The average molecular weight is 227 g/mol. The third-order valence-corrected chi connectivity index (χ3v) is 3.01. The van der Waals surface area contributed by atoms with Gasteiger partial charge in [-0.1, -0.05) is 18.2 Å². The molecule has 1 N–H and O–H groups in total. The maximum Gasteiger partial charge on any atom is 0.151 e. The molecule has 1 aliphatic rings. The third-order valence-electron chi connectivity index (χ3n) is 3.01. The van der Waals surface area contributed by atoms with Gasteiger partial charge in [-0.25, -0.2) is 0 Å². The fraction of sp³-hybridized carbons (Fsp3) is 0.143. The van der Waals surface area contributed by atoms with Crippen LogP contribution in [-0.4, -0.2) is 12.2 Å². The van der Waals surface area contributed by atoms with Crippen LogP contribution < -0.4 is 9.64 Å². The highest BCUT2D eigenvalue weighted by atomic mass is 16.5. The van der Waals surface area contributed by atoms with Crippen LogP contribution in [0.25, 0.3) is 0 Å². The zero-order valence-corrected chi connectivity index (χ0v) is 9.55. The molecule has 17 heavy (non-hydrogen) atoms. The molecule has 3 rings (SSSR count). The van der Waals surface area contributed by atoms with Gasteiger partial charge in [0.2, 0.25) is 0 Å². The van der Waals surface area contributed by atoms with E-state index in [0.717, 1.165) is 28.4 Å². The van der Waals surface area contributed by atoms with Gasteiger partial charge in [-0.2, -0.15) is 0 Å². The summed E-state index contributed by atoms with van der Waals surface area (Å²) in [5.74, 6) is 1.63. The number of benzene rings is 2. The van der Waals surface area contributed by atoms with E-state index >= 15 is 0 Å². The van der Waals surface area contributed by atoms with Crippen LogP contribution in [0, 0.1) is 0 Å². The fourth-order valence-corrected chi connectivity index (χ4v) is 2.08. The minimum absolute atomic E-state index is 0.0298. The summed E-state index contributed by atoms with van der Waals surface area (Å²) in [5, 5.41) is 9.13. The summed E-state index contributed by atoms with van der Waals surface area (Å²) in [6, 6.07) is 13.7. The van der Waals surface area contributed by atoms with Gasteiger partial charge in [0.25, 0.3) is 0 Å². The van der Waals surface area contributed by atoms with E-state index in [-0.39, 0.29) is 6.61 Å². The molecule has 0 unspecified atom stereocenters. The summed E-state index contributed by atoms with van der Waals surface area (Å²) < 4.78 is 5.84. The zero-order chi connectivity index (χ0) is 11.8. The molecule has 0 saturated carbocycles. The predicted octanol–water partition coefficient (Wildman–Crippen LogP) is 3.05. The van der Waals surface area contributed by atoms with E-state index in [1.807, 2.05) is 49.5 Å². The normalized spacial score (nSPS) is 12.7. The Bertz CT molecular complexity index is 566. The number of rotatable bonds is 1. The molecule has 0 fully saturated rings. The molecule has 0 radical (unpaired) electrons. The highest BCUT2D eigenvalue weighted by Crippen LogP contribution is 2.45. The van der Waals surface area contributed by atoms with E-state index in [1.54, 1.807) is 0 Å². The molecule has 0 atom stereocenters. The first-order valence-electron chi connectivity index (χ1n) is 5.54. The molecular weight excluding hydrogens is 214 g/mol. The molecule has 3 heteroatoms. The Morgan fingerprint density at radius 2 is 1.82 bits per heavy atom. The summed E-state index contributed by atoms with van der Waals surface area (Å²) in [4.78, 5) is 2.09. The highest BCUT2D eigenvalue weighted by molar-refractivity contribution is 5.77. The molecule has 1 aliphatic heterocycles. The van der Waals surface area contributed by atoms with Crippen molar-refractivity contribution in [2.24, 2.45) is 0 Å². The molecule has 3 nitrogen and oxygen atoms in total. The van der Waals surface area contributed by atoms with Gasteiger partial charge in [0, 0.05) is 7.05 Å². The van der Waals surface area contributed by atoms with Gasteiger partial charge in [-0.05, 0) is 29.8 Å². The molecule has 0 bridgehead atoms. The summed E-state index contributed by atoms with van der Waals surface area (Å²) >= 11 is 0. The molecule has 2 aromatic carbocycles. The molecule has 2 aromatic rings. The van der Waals surface area contributed by atoms with Crippen molar-refractivity contribution in [1.82, 2.24) is 0 Å². The van der Waals surface area contributed by atoms with Crippen LogP contribution in [-0.2, 0) is 6.61 Å². The molecule has 0 aromatic heterocycles. The molecule has 0 spiro atoms. The van der Waals surface area contributed by atoms with Gasteiger partial charge in [-0.3, -0.25) is 0 Å². The number of fused-ring (bicyclic) bond motifs is 2. The Kier molecular flexibility index (Phi) is 2.27. The van der Waals surface area contributed by atoms with Crippen molar-refractivity contribution in [2.75, 3.05) is 11.9 Å². The second kappa shape index (κ2) is 3.79. The summed E-state index contributed by atoms with van der Waals surface area (Å²) in [7, 11) is 2.01. The monoisotopic (exact) mass is 227 g/mol. The van der Waals surface area contributed by atoms with Crippen LogP contribution in [0.2, 0.25) is 0 Å². The number of hydrogen-bond acceptors (Lipinski definition) is 3. The minimum atomic E-state index is 0.0298. The summed E-state index contributed by atoms with van der Waals surface area (Å²) in [6.45, 7) is 0.0298. The van der Waals surface area contributed by atoms with Crippen molar-refractivity contribution in [3.8, 4) is 11.5 Å². The van der Waals surface area contributed by atoms with Gasteiger partial charge in [0.15, 0.2) is 11.5 Å². The van der Waals surface area contributed by atoms with Crippen molar-refractivity contribution >= 4 is 11.4 Å². The highest BCUT2D eigenvalue weighted by Gasteiger charge is 2.20. The first kappa shape index (κ1) is 10.2. The van der Waals surface area contributed by atoms with Crippen LogP contribution in [0.5, 0.6) is 11.5 Å². The fourth-order valence-electron chi connectivity index (χ4n) is 2.08. The number of hydrogen-bond donors (Lipinski definition) is 1. The Morgan fingerprint density at radius 1 is 1.06 bits per heavy atom. The van der Waals surface area contributed by atoms with Crippen molar-refractivity contribution in [1.29, 1.82) is 0 Å². The van der Waals surface area contributed by atoms with Crippen LogP contribution >= 0.6 is 0 Å². The van der Waals surface area contributed by atoms with Crippen molar-refractivity contribution in [3.05, 3.63) is 48.0 Å². The maximum absolute atomic E-state index is 9.13. The molecule has 0 aliphatic carbocycles. The molecule has 0 amide bonds. The Balaban J connectivity index is 2.12. The molecule has 1 heterocycles. The predicted molar refractivity (Wildman–Crippen MR) is 66.9 cm³/mol. The Hall–Kier alpha value is -2.00. The van der Waals surface area contributed by atoms with Crippen LogP contribution in [0.1, 0.15) is 5.56 Å². The zero-order valence-electron chi connectivity index (χ0n) is 9.55. The number of aliphatic hydroxyl groups excluding tert-OH is 1. The number of ether oxygens (including phenoxy) is 1. The van der Waals surface area contributed by atoms with Gasteiger partial charge in [0.1, 0.15) is 0 Å². The molecule has 86 valence electrons. The lowest BCUT2D eigenvalue weighted by molar-refractivity contribution is 0.281. The van der Waals surface area contributed by atoms with Crippen LogP contribution in [0.4, 0.5) is 11.4 Å². The smallest absolute Gasteiger partial charge is 0.151 e. The SMILES string of the molecule is CN1c2ccccc2Oc2cc(CO)ccc21. The first-order valence-corrected chi connectivity index (χ1v) is 5.54. The van der Waals surface area contributed by atoms with Crippen LogP contribution in [0.3, 0.4) is 0 Å². The Labute approximate surface area is 99.9 Å². The average Bonchev–Trinajstić information content (AvgIpc) is 2.38. The maximum atomic E-state index is 9.13. The van der Waals surface area contributed by atoms with E-state index in [2.05, 4.69) is 4.90 Å². The lowest BCUT2D eigenvalue weighted by atomic mass is 10.1. The second-order valence-electron chi connectivity index (χ2n) is 4.09.